The van der Waals surface area contributed by atoms with Crippen molar-refractivity contribution in [3.8, 4) is 0 Å². The van der Waals surface area contributed by atoms with Crippen molar-refractivity contribution in [3.63, 3.8) is 0 Å². The molecule has 1 aromatic rings. The largest absolute Gasteiger partial charge is 0.299 e. The van der Waals surface area contributed by atoms with Gasteiger partial charge in [0.1, 0.15) is 5.78 Å². The van der Waals surface area contributed by atoms with E-state index >= 15 is 0 Å². The first kappa shape index (κ1) is 23.8. The predicted octanol–water partition coefficient (Wildman–Crippen LogP) is 8.19. The zero-order valence-electron chi connectivity index (χ0n) is 20.5. The molecule has 0 N–H and O–H groups in total. The lowest BCUT2D eigenvalue weighted by atomic mass is 9.73. The molecule has 0 aromatic heterocycles. The highest BCUT2D eigenvalue weighted by atomic mass is 16.1. The molecule has 168 valence electrons. The first-order valence-corrected chi connectivity index (χ1v) is 12.6. The molecule has 3 aliphatic rings. The van der Waals surface area contributed by atoms with Crippen LogP contribution >= 0.6 is 0 Å². The summed E-state index contributed by atoms with van der Waals surface area (Å²) in [5, 5.41) is 0. The Morgan fingerprint density at radius 2 is 1.65 bits per heavy atom. The van der Waals surface area contributed by atoms with E-state index in [4.69, 9.17) is 0 Å². The maximum absolute atomic E-state index is 12.9. The number of rotatable bonds is 6. The molecule has 1 nitrogen and oxygen atoms in total. The highest BCUT2D eigenvalue weighted by Crippen LogP contribution is 2.49. The number of carbonyl (C=O) groups is 1. The highest BCUT2D eigenvalue weighted by Gasteiger charge is 2.39. The summed E-state index contributed by atoms with van der Waals surface area (Å²) < 4.78 is 0. The normalized spacial score (nSPS) is 23.7. The average Bonchev–Trinajstić information content (AvgIpc) is 3.37. The van der Waals surface area contributed by atoms with Gasteiger partial charge in [0.15, 0.2) is 0 Å². The molecule has 0 radical (unpaired) electrons. The molecule has 0 heterocycles. The van der Waals surface area contributed by atoms with E-state index in [9.17, 15) is 4.79 Å². The predicted molar refractivity (Wildman–Crippen MR) is 133 cm³/mol. The van der Waals surface area contributed by atoms with Gasteiger partial charge in [-0.1, -0.05) is 101 Å². The molecular formula is C30H42O. The molecule has 2 atom stereocenters. The van der Waals surface area contributed by atoms with Crippen LogP contribution in [0.25, 0.3) is 0 Å². The zero-order chi connectivity index (χ0) is 22.5. The van der Waals surface area contributed by atoms with Crippen molar-refractivity contribution in [2.75, 3.05) is 0 Å². The van der Waals surface area contributed by atoms with Crippen molar-refractivity contribution in [1.82, 2.24) is 0 Å². The lowest BCUT2D eigenvalue weighted by Gasteiger charge is -2.29. The van der Waals surface area contributed by atoms with Crippen LogP contribution in [0.3, 0.4) is 0 Å². The number of ketones is 1. The molecule has 0 spiro atoms. The summed E-state index contributed by atoms with van der Waals surface area (Å²) in [4.78, 5) is 12.9. The standard InChI is InChI=1S/C28H36O.C2H6/c1-18(2)13-25-26-17-23(15-21-7-5-6-8-21)24(28(26)20(4)14-27(25)29)16-22-11-9-19(3)10-12-22;1-2/h9-12,17-18,21,24-25H,4-8,13-16H2,1-3H3;1-2H3. The van der Waals surface area contributed by atoms with Crippen LogP contribution in [0.15, 0.2) is 59.2 Å². The summed E-state index contributed by atoms with van der Waals surface area (Å²) in [6.45, 7) is 15.0. The lowest BCUT2D eigenvalue weighted by molar-refractivity contribution is -0.121. The van der Waals surface area contributed by atoms with Crippen LogP contribution in [0.2, 0.25) is 0 Å². The van der Waals surface area contributed by atoms with Crippen molar-refractivity contribution in [2.45, 2.75) is 86.0 Å². The second-order valence-corrected chi connectivity index (χ2v) is 10.1. The van der Waals surface area contributed by atoms with Crippen molar-refractivity contribution in [3.05, 3.63) is 70.3 Å². The number of hydrogen-bond acceptors (Lipinski definition) is 1. The van der Waals surface area contributed by atoms with E-state index in [2.05, 4.69) is 57.7 Å². The van der Waals surface area contributed by atoms with Gasteiger partial charge in [-0.3, -0.25) is 4.79 Å². The van der Waals surface area contributed by atoms with Gasteiger partial charge in [-0.2, -0.15) is 0 Å². The number of hydrogen-bond donors (Lipinski definition) is 0. The molecule has 1 saturated carbocycles. The summed E-state index contributed by atoms with van der Waals surface area (Å²) in [5.74, 6) is 2.25. The number of aryl methyl sites for hydroxylation is 1. The molecule has 0 bridgehead atoms. The van der Waals surface area contributed by atoms with E-state index in [0.717, 1.165) is 24.3 Å². The summed E-state index contributed by atoms with van der Waals surface area (Å²) in [6.07, 6.45) is 11.7. The van der Waals surface area contributed by atoms with Gasteiger partial charge in [-0.15, -0.1) is 0 Å². The van der Waals surface area contributed by atoms with E-state index < -0.39 is 0 Å². The fourth-order valence-electron chi connectivity index (χ4n) is 5.78. The number of Topliss-reactive ketones (excluding diaryl/α,β-unsaturated/α-hetero) is 1. The Kier molecular flexibility index (Phi) is 8.14. The topological polar surface area (TPSA) is 17.1 Å². The summed E-state index contributed by atoms with van der Waals surface area (Å²) in [6, 6.07) is 9.01. The summed E-state index contributed by atoms with van der Waals surface area (Å²) in [7, 11) is 0. The van der Waals surface area contributed by atoms with Crippen LogP contribution in [-0.2, 0) is 11.2 Å². The van der Waals surface area contributed by atoms with E-state index in [1.807, 2.05) is 13.8 Å². The Bertz CT molecular complexity index is 843. The minimum Gasteiger partial charge on any atom is -0.299 e. The summed E-state index contributed by atoms with van der Waals surface area (Å²) >= 11 is 0. The van der Waals surface area contributed by atoms with Crippen LogP contribution in [0, 0.1) is 30.6 Å². The molecule has 4 rings (SSSR count). The van der Waals surface area contributed by atoms with Gasteiger partial charge in [0.25, 0.3) is 0 Å². The quantitative estimate of drug-likeness (QED) is 0.455. The third kappa shape index (κ3) is 5.48. The second kappa shape index (κ2) is 10.6. The first-order valence-electron chi connectivity index (χ1n) is 12.6. The molecule has 1 aromatic carbocycles. The third-order valence-electron chi connectivity index (χ3n) is 7.25. The van der Waals surface area contributed by atoms with Crippen LogP contribution < -0.4 is 0 Å². The van der Waals surface area contributed by atoms with Crippen LogP contribution in [0.1, 0.15) is 83.8 Å². The van der Waals surface area contributed by atoms with E-state index in [1.54, 1.807) is 5.57 Å². The highest BCUT2D eigenvalue weighted by molar-refractivity contribution is 5.91. The molecule has 2 unspecified atom stereocenters. The lowest BCUT2D eigenvalue weighted by Crippen LogP contribution is -2.25. The smallest absolute Gasteiger partial charge is 0.144 e. The van der Waals surface area contributed by atoms with Gasteiger partial charge >= 0.3 is 0 Å². The van der Waals surface area contributed by atoms with E-state index in [-0.39, 0.29) is 5.92 Å². The van der Waals surface area contributed by atoms with E-state index in [1.165, 1.54) is 54.4 Å². The average molecular weight is 419 g/mol. The molecule has 1 fully saturated rings. The SMILES string of the molecule is C=C1CC(=O)C(CC(C)C)C2=C1C(Cc1ccc(C)cc1)C(CC1CCCC1)=C2.CC. The van der Waals surface area contributed by atoms with Gasteiger partial charge in [-0.05, 0) is 60.3 Å². The van der Waals surface area contributed by atoms with Gasteiger partial charge in [0.05, 0.1) is 0 Å². The van der Waals surface area contributed by atoms with Crippen LogP contribution in [0.4, 0.5) is 0 Å². The third-order valence-corrected chi connectivity index (χ3v) is 7.25. The second-order valence-electron chi connectivity index (χ2n) is 10.1. The Morgan fingerprint density at radius 1 is 1.00 bits per heavy atom. The fourth-order valence-corrected chi connectivity index (χ4v) is 5.78. The van der Waals surface area contributed by atoms with E-state index in [0.29, 0.717) is 24.0 Å². The Labute approximate surface area is 190 Å². The van der Waals surface area contributed by atoms with Crippen LogP contribution in [-0.4, -0.2) is 5.78 Å². The molecule has 3 aliphatic carbocycles. The minimum atomic E-state index is 0.0806. The number of allylic oxidation sites excluding steroid dienone is 5. The van der Waals surface area contributed by atoms with Crippen molar-refractivity contribution >= 4 is 5.78 Å². The number of carbonyl (C=O) groups excluding carboxylic acids is 1. The number of benzene rings is 1. The Hall–Kier alpha value is -1.89. The molecule has 1 heteroatoms. The Balaban J connectivity index is 0.00000132. The molecule has 0 saturated heterocycles. The fraction of sp³-hybridized carbons (Fsp3) is 0.567. The maximum Gasteiger partial charge on any atom is 0.144 e. The van der Waals surface area contributed by atoms with Gasteiger partial charge in [0.2, 0.25) is 0 Å². The van der Waals surface area contributed by atoms with Crippen molar-refractivity contribution < 1.29 is 4.79 Å². The van der Waals surface area contributed by atoms with Gasteiger partial charge < -0.3 is 0 Å². The molecule has 31 heavy (non-hydrogen) atoms. The molecule has 0 amide bonds. The van der Waals surface area contributed by atoms with Crippen LogP contribution in [0.5, 0.6) is 0 Å². The Morgan fingerprint density at radius 3 is 2.26 bits per heavy atom. The van der Waals surface area contributed by atoms with Crippen molar-refractivity contribution in [2.24, 2.45) is 23.7 Å². The molecular weight excluding hydrogens is 376 g/mol. The molecule has 0 aliphatic heterocycles. The first-order chi connectivity index (χ1) is 14.9. The summed E-state index contributed by atoms with van der Waals surface area (Å²) in [5.41, 5.74) is 8.11. The van der Waals surface area contributed by atoms with Gasteiger partial charge in [-0.25, -0.2) is 0 Å². The monoisotopic (exact) mass is 418 g/mol. The van der Waals surface area contributed by atoms with Crippen molar-refractivity contribution in [1.29, 1.82) is 0 Å². The van der Waals surface area contributed by atoms with Gasteiger partial charge in [0, 0.05) is 18.3 Å². The maximum atomic E-state index is 12.9. The zero-order valence-corrected chi connectivity index (χ0v) is 20.5. The minimum absolute atomic E-state index is 0.0806.